The number of anilines is 2. The van der Waals surface area contributed by atoms with Crippen LogP contribution < -0.4 is 10.6 Å². The molecule has 0 radical (unpaired) electrons. The smallest absolute Gasteiger partial charge is 0.0951 e. The van der Waals surface area contributed by atoms with Gasteiger partial charge in [-0.05, 0) is 32.6 Å². The normalized spacial score (nSPS) is 19.5. The molecule has 0 saturated carbocycles. The second-order valence-corrected chi connectivity index (χ2v) is 5.43. The molecule has 1 aliphatic heterocycles. The molecule has 1 aliphatic rings. The van der Waals surface area contributed by atoms with Crippen molar-refractivity contribution in [3.63, 3.8) is 0 Å². The number of fused-ring (bicyclic) bond motifs is 1. The van der Waals surface area contributed by atoms with Crippen molar-refractivity contribution in [3.8, 4) is 0 Å². The molecule has 4 heteroatoms. The number of nitrogen functional groups attached to an aromatic ring is 1. The molecular formula is C15H20N4. The Balaban J connectivity index is 2.00. The molecule has 3 rings (SSSR count). The minimum Gasteiger partial charge on any atom is -0.397 e. The van der Waals surface area contributed by atoms with Crippen molar-refractivity contribution < 1.29 is 0 Å². The van der Waals surface area contributed by atoms with Crippen molar-refractivity contribution in [3.05, 3.63) is 30.5 Å². The monoisotopic (exact) mass is 256 g/mol. The summed E-state index contributed by atoms with van der Waals surface area (Å²) in [6, 6.07) is 8.74. The summed E-state index contributed by atoms with van der Waals surface area (Å²) in [5, 5.41) is 1.15. The molecular weight excluding hydrogens is 236 g/mol. The maximum atomic E-state index is 6.01. The van der Waals surface area contributed by atoms with Gasteiger partial charge in [-0.1, -0.05) is 12.1 Å². The van der Waals surface area contributed by atoms with Crippen LogP contribution in [0.5, 0.6) is 0 Å². The van der Waals surface area contributed by atoms with E-state index in [1.54, 1.807) is 0 Å². The molecule has 2 heterocycles. The van der Waals surface area contributed by atoms with Crippen LogP contribution in [0.3, 0.4) is 0 Å². The first kappa shape index (κ1) is 12.2. The Morgan fingerprint density at radius 1 is 1.32 bits per heavy atom. The van der Waals surface area contributed by atoms with E-state index in [0.717, 1.165) is 29.7 Å². The summed E-state index contributed by atoms with van der Waals surface area (Å²) < 4.78 is 0. The number of hydrogen-bond donors (Lipinski definition) is 1. The number of para-hydroxylation sites is 1. The molecule has 0 aliphatic carbocycles. The molecule has 1 unspecified atom stereocenters. The first-order chi connectivity index (χ1) is 9.16. The summed E-state index contributed by atoms with van der Waals surface area (Å²) in [5.41, 5.74) is 8.92. The van der Waals surface area contributed by atoms with Crippen LogP contribution in [0.25, 0.3) is 10.9 Å². The van der Waals surface area contributed by atoms with Gasteiger partial charge in [0.1, 0.15) is 0 Å². The highest BCUT2D eigenvalue weighted by Crippen LogP contribution is 2.31. The van der Waals surface area contributed by atoms with Crippen LogP contribution >= 0.6 is 0 Å². The number of rotatable bonds is 2. The lowest BCUT2D eigenvalue weighted by Gasteiger charge is -2.23. The van der Waals surface area contributed by atoms with Gasteiger partial charge in [-0.2, -0.15) is 0 Å². The average molecular weight is 256 g/mol. The highest BCUT2D eigenvalue weighted by atomic mass is 15.2. The van der Waals surface area contributed by atoms with E-state index in [9.17, 15) is 0 Å². The van der Waals surface area contributed by atoms with Crippen molar-refractivity contribution in [2.75, 3.05) is 37.8 Å². The van der Waals surface area contributed by atoms with Crippen LogP contribution in [0, 0.1) is 0 Å². The van der Waals surface area contributed by atoms with Gasteiger partial charge in [0.05, 0.1) is 11.2 Å². The highest BCUT2D eigenvalue weighted by molar-refractivity contribution is 5.98. The number of nitrogens with two attached hydrogens (primary N) is 1. The maximum Gasteiger partial charge on any atom is 0.0951 e. The van der Waals surface area contributed by atoms with Gasteiger partial charge in [-0.25, -0.2) is 0 Å². The molecule has 1 fully saturated rings. The van der Waals surface area contributed by atoms with E-state index in [1.165, 1.54) is 12.1 Å². The summed E-state index contributed by atoms with van der Waals surface area (Å²) in [7, 11) is 4.30. The summed E-state index contributed by atoms with van der Waals surface area (Å²) in [6.45, 7) is 2.16. The summed E-state index contributed by atoms with van der Waals surface area (Å²) in [4.78, 5) is 9.15. The van der Waals surface area contributed by atoms with Gasteiger partial charge in [0.2, 0.25) is 0 Å². The van der Waals surface area contributed by atoms with Gasteiger partial charge >= 0.3 is 0 Å². The fourth-order valence-corrected chi connectivity index (χ4v) is 2.84. The lowest BCUT2D eigenvalue weighted by Crippen LogP contribution is -2.31. The standard InChI is InChI=1S/C15H20N4/c1-18(2)11-7-9-19(10-11)14-6-8-17-15-12(14)4-3-5-13(15)16/h3-6,8,11H,7,9-10,16H2,1-2H3. The van der Waals surface area contributed by atoms with E-state index < -0.39 is 0 Å². The van der Waals surface area contributed by atoms with Crippen LogP contribution in [0.15, 0.2) is 30.5 Å². The van der Waals surface area contributed by atoms with Crippen molar-refractivity contribution in [1.29, 1.82) is 0 Å². The van der Waals surface area contributed by atoms with E-state index in [4.69, 9.17) is 5.73 Å². The third-order valence-corrected chi connectivity index (χ3v) is 4.01. The minimum atomic E-state index is 0.629. The van der Waals surface area contributed by atoms with Crippen LogP contribution in [0.4, 0.5) is 11.4 Å². The zero-order chi connectivity index (χ0) is 13.4. The van der Waals surface area contributed by atoms with Gasteiger partial charge in [-0.15, -0.1) is 0 Å². The third-order valence-electron chi connectivity index (χ3n) is 4.01. The molecule has 1 aromatic heterocycles. The first-order valence-corrected chi connectivity index (χ1v) is 6.71. The number of pyridine rings is 1. The number of aromatic nitrogens is 1. The topological polar surface area (TPSA) is 45.4 Å². The zero-order valence-corrected chi connectivity index (χ0v) is 11.5. The molecule has 2 aromatic rings. The van der Waals surface area contributed by atoms with Crippen molar-refractivity contribution in [2.24, 2.45) is 0 Å². The van der Waals surface area contributed by atoms with E-state index in [1.807, 2.05) is 18.3 Å². The average Bonchev–Trinajstić information content (AvgIpc) is 2.88. The fraction of sp³-hybridized carbons (Fsp3) is 0.400. The first-order valence-electron chi connectivity index (χ1n) is 6.71. The molecule has 1 atom stereocenters. The third kappa shape index (κ3) is 2.12. The molecule has 2 N–H and O–H groups in total. The van der Waals surface area contributed by atoms with E-state index in [-0.39, 0.29) is 0 Å². The SMILES string of the molecule is CN(C)C1CCN(c2ccnc3c(N)cccc23)C1. The number of nitrogens with zero attached hydrogens (tertiary/aromatic N) is 3. The van der Waals surface area contributed by atoms with Gasteiger partial charge in [0.25, 0.3) is 0 Å². The number of benzene rings is 1. The van der Waals surface area contributed by atoms with Crippen LogP contribution in [0.1, 0.15) is 6.42 Å². The molecule has 1 saturated heterocycles. The quantitative estimate of drug-likeness (QED) is 0.834. The highest BCUT2D eigenvalue weighted by Gasteiger charge is 2.25. The van der Waals surface area contributed by atoms with Crippen LogP contribution in [-0.4, -0.2) is 43.1 Å². The number of hydrogen-bond acceptors (Lipinski definition) is 4. The van der Waals surface area contributed by atoms with E-state index in [2.05, 4.69) is 41.0 Å². The lowest BCUT2D eigenvalue weighted by molar-refractivity contribution is 0.315. The molecule has 0 amide bonds. The van der Waals surface area contributed by atoms with Gasteiger partial charge in [0.15, 0.2) is 0 Å². The molecule has 1 aromatic carbocycles. The summed E-state index contributed by atoms with van der Waals surface area (Å²) >= 11 is 0. The molecule has 4 nitrogen and oxygen atoms in total. The summed E-state index contributed by atoms with van der Waals surface area (Å²) in [6.07, 6.45) is 3.07. The molecule has 0 bridgehead atoms. The van der Waals surface area contributed by atoms with Crippen LogP contribution in [-0.2, 0) is 0 Å². The Morgan fingerprint density at radius 3 is 2.89 bits per heavy atom. The predicted octanol–water partition coefficient (Wildman–Crippen LogP) is 1.96. The second-order valence-electron chi connectivity index (χ2n) is 5.43. The van der Waals surface area contributed by atoms with E-state index in [0.29, 0.717) is 6.04 Å². The fourth-order valence-electron chi connectivity index (χ4n) is 2.84. The molecule has 0 spiro atoms. The summed E-state index contributed by atoms with van der Waals surface area (Å²) in [5.74, 6) is 0. The Hall–Kier alpha value is -1.81. The molecule has 100 valence electrons. The van der Waals surface area contributed by atoms with Gasteiger partial charge in [-0.3, -0.25) is 4.98 Å². The Kier molecular flexibility index (Phi) is 3.03. The van der Waals surface area contributed by atoms with Crippen molar-refractivity contribution >= 4 is 22.3 Å². The molecule has 19 heavy (non-hydrogen) atoms. The van der Waals surface area contributed by atoms with Crippen molar-refractivity contribution in [1.82, 2.24) is 9.88 Å². The Morgan fingerprint density at radius 2 is 2.16 bits per heavy atom. The Labute approximate surface area is 113 Å². The zero-order valence-electron chi connectivity index (χ0n) is 11.5. The Bertz CT molecular complexity index is 594. The van der Waals surface area contributed by atoms with Crippen molar-refractivity contribution in [2.45, 2.75) is 12.5 Å². The largest absolute Gasteiger partial charge is 0.397 e. The number of likely N-dealkylation sites (N-methyl/N-ethyl adjacent to an activating group) is 1. The van der Waals surface area contributed by atoms with Gasteiger partial charge in [0, 0.05) is 36.4 Å². The second kappa shape index (κ2) is 4.70. The predicted molar refractivity (Wildman–Crippen MR) is 80.5 cm³/mol. The van der Waals surface area contributed by atoms with Crippen LogP contribution in [0.2, 0.25) is 0 Å². The van der Waals surface area contributed by atoms with Gasteiger partial charge < -0.3 is 15.5 Å². The van der Waals surface area contributed by atoms with E-state index >= 15 is 0 Å². The maximum absolute atomic E-state index is 6.01. The lowest BCUT2D eigenvalue weighted by atomic mass is 10.1. The minimum absolute atomic E-state index is 0.629.